The number of nitrogens with one attached hydrogen (secondary N) is 4. The zero-order valence-electron chi connectivity index (χ0n) is 18.0. The van der Waals surface area contributed by atoms with Gasteiger partial charge < -0.3 is 20.9 Å². The Morgan fingerprint density at radius 2 is 1.64 bits per heavy atom. The van der Waals surface area contributed by atoms with Gasteiger partial charge in [0.1, 0.15) is 17.7 Å². The van der Waals surface area contributed by atoms with Gasteiger partial charge in [-0.25, -0.2) is 9.18 Å². The summed E-state index contributed by atoms with van der Waals surface area (Å²) in [5.41, 5.74) is 1.33. The topological polar surface area (TPSA) is 97.3 Å². The van der Waals surface area contributed by atoms with Gasteiger partial charge in [0.25, 0.3) is 5.91 Å². The maximum Gasteiger partial charge on any atom is 0.320 e. The minimum Gasteiger partial charge on any atom is -0.363 e. The summed E-state index contributed by atoms with van der Waals surface area (Å²) in [6, 6.07) is 17.5. The maximum atomic E-state index is 14.6. The fraction of sp³-hybridized carbons (Fsp3) is 0.125. The van der Waals surface area contributed by atoms with Gasteiger partial charge in [0.15, 0.2) is 0 Å². The molecular formula is C24H23ClFN5O2. The van der Waals surface area contributed by atoms with Crippen LogP contribution in [-0.4, -0.2) is 36.8 Å². The second-order valence-electron chi connectivity index (χ2n) is 7.38. The van der Waals surface area contributed by atoms with Gasteiger partial charge in [-0.05, 0) is 48.0 Å². The molecule has 1 atom stereocenters. The van der Waals surface area contributed by atoms with Crippen molar-refractivity contribution in [2.24, 2.45) is 0 Å². The van der Waals surface area contributed by atoms with Crippen LogP contribution in [0.5, 0.6) is 0 Å². The second kappa shape index (κ2) is 10.6. The van der Waals surface area contributed by atoms with Crippen molar-refractivity contribution in [3.8, 4) is 0 Å². The zero-order valence-corrected chi connectivity index (χ0v) is 18.8. The van der Waals surface area contributed by atoms with Crippen molar-refractivity contribution in [2.45, 2.75) is 6.04 Å². The van der Waals surface area contributed by atoms with E-state index in [-0.39, 0.29) is 11.5 Å². The number of anilines is 2. The average molecular weight is 468 g/mol. The molecule has 170 valence electrons. The molecule has 3 aromatic rings. The third kappa shape index (κ3) is 6.30. The molecule has 7 nitrogen and oxygen atoms in total. The molecule has 9 heteroatoms. The van der Waals surface area contributed by atoms with Crippen molar-refractivity contribution in [3.63, 3.8) is 0 Å². The summed E-state index contributed by atoms with van der Waals surface area (Å²) in [7, 11) is 3.36. The highest BCUT2D eigenvalue weighted by molar-refractivity contribution is 6.30. The summed E-state index contributed by atoms with van der Waals surface area (Å²) in [5, 5.41) is 16.3. The van der Waals surface area contributed by atoms with Gasteiger partial charge in [0.05, 0.1) is 5.69 Å². The number of amidine groups is 1. The number of halogens is 2. The number of benzene rings is 3. The standard InChI is InChI=1S/C24H23ClFN5O2/c1-31(2)22(27)16-8-13-20(19(26)14-16)29-23(32)21(15-6-4-3-5-7-15)30-24(33)28-18-11-9-17(25)10-12-18/h3-14,21,27H,1-2H3,(H,29,32)(H2,28,30,33). The van der Waals surface area contributed by atoms with Crippen LogP contribution in [0.2, 0.25) is 5.02 Å². The van der Waals surface area contributed by atoms with Gasteiger partial charge in [-0.15, -0.1) is 0 Å². The number of hydrogen-bond acceptors (Lipinski definition) is 3. The highest BCUT2D eigenvalue weighted by atomic mass is 35.5. The lowest BCUT2D eigenvalue weighted by atomic mass is 10.1. The van der Waals surface area contributed by atoms with Crippen molar-refractivity contribution in [1.82, 2.24) is 10.2 Å². The van der Waals surface area contributed by atoms with Gasteiger partial charge in [0.2, 0.25) is 0 Å². The van der Waals surface area contributed by atoms with Crippen molar-refractivity contribution in [2.75, 3.05) is 24.7 Å². The Hall–Kier alpha value is -3.91. The van der Waals surface area contributed by atoms with Crippen LogP contribution in [0.15, 0.2) is 72.8 Å². The quantitative estimate of drug-likeness (QED) is 0.307. The van der Waals surface area contributed by atoms with E-state index < -0.39 is 23.8 Å². The van der Waals surface area contributed by atoms with Crippen molar-refractivity contribution >= 4 is 40.7 Å². The Morgan fingerprint density at radius 3 is 2.24 bits per heavy atom. The summed E-state index contributed by atoms with van der Waals surface area (Å²) in [6.45, 7) is 0. The Labute approximate surface area is 196 Å². The van der Waals surface area contributed by atoms with Gasteiger partial charge in [0, 0.05) is 30.4 Å². The van der Waals surface area contributed by atoms with Crippen molar-refractivity contribution < 1.29 is 14.0 Å². The van der Waals surface area contributed by atoms with Crippen LogP contribution in [0.1, 0.15) is 17.2 Å². The lowest BCUT2D eigenvalue weighted by Gasteiger charge is -2.20. The monoisotopic (exact) mass is 467 g/mol. The number of rotatable bonds is 6. The molecule has 0 radical (unpaired) electrons. The maximum absolute atomic E-state index is 14.6. The molecule has 0 bridgehead atoms. The minimum absolute atomic E-state index is 0.0591. The highest BCUT2D eigenvalue weighted by Gasteiger charge is 2.24. The van der Waals surface area contributed by atoms with Gasteiger partial charge in [-0.2, -0.15) is 0 Å². The largest absolute Gasteiger partial charge is 0.363 e. The van der Waals surface area contributed by atoms with E-state index in [1.807, 2.05) is 0 Å². The van der Waals surface area contributed by atoms with E-state index in [1.54, 1.807) is 79.7 Å². The Morgan fingerprint density at radius 1 is 0.970 bits per heavy atom. The highest BCUT2D eigenvalue weighted by Crippen LogP contribution is 2.21. The summed E-state index contributed by atoms with van der Waals surface area (Å²) >= 11 is 5.86. The van der Waals surface area contributed by atoms with E-state index in [0.29, 0.717) is 21.8 Å². The lowest BCUT2D eigenvalue weighted by Crippen LogP contribution is -2.39. The first-order valence-electron chi connectivity index (χ1n) is 9.99. The number of nitrogens with zero attached hydrogens (tertiary/aromatic N) is 1. The second-order valence-corrected chi connectivity index (χ2v) is 7.81. The third-order valence-electron chi connectivity index (χ3n) is 4.72. The van der Waals surface area contributed by atoms with E-state index in [2.05, 4.69) is 16.0 Å². The predicted molar refractivity (Wildman–Crippen MR) is 128 cm³/mol. The minimum atomic E-state index is -1.09. The Kier molecular flexibility index (Phi) is 7.63. The molecule has 3 amide bonds. The molecule has 0 saturated heterocycles. The fourth-order valence-corrected chi connectivity index (χ4v) is 3.13. The number of carbonyl (C=O) groups is 2. The van der Waals surface area contributed by atoms with E-state index in [9.17, 15) is 14.0 Å². The molecule has 3 aromatic carbocycles. The van der Waals surface area contributed by atoms with E-state index in [4.69, 9.17) is 17.0 Å². The smallest absolute Gasteiger partial charge is 0.320 e. The van der Waals surface area contributed by atoms with E-state index in [0.717, 1.165) is 0 Å². The molecule has 33 heavy (non-hydrogen) atoms. The Bertz CT molecular complexity index is 1150. The molecular weight excluding hydrogens is 445 g/mol. The summed E-state index contributed by atoms with van der Waals surface area (Å²) in [5.74, 6) is -1.18. The molecule has 0 aromatic heterocycles. The summed E-state index contributed by atoms with van der Waals surface area (Å²) in [4.78, 5) is 27.1. The SMILES string of the molecule is CN(C)C(=N)c1ccc(NC(=O)C(NC(=O)Nc2ccc(Cl)cc2)c2ccccc2)c(F)c1. The van der Waals surface area contributed by atoms with Crippen LogP contribution in [0.4, 0.5) is 20.6 Å². The lowest BCUT2D eigenvalue weighted by molar-refractivity contribution is -0.118. The number of urea groups is 1. The van der Waals surface area contributed by atoms with Crippen LogP contribution in [0, 0.1) is 11.2 Å². The normalized spacial score (nSPS) is 11.3. The molecule has 0 aliphatic carbocycles. The van der Waals surface area contributed by atoms with Crippen LogP contribution >= 0.6 is 11.6 Å². The van der Waals surface area contributed by atoms with E-state index in [1.165, 1.54) is 12.1 Å². The van der Waals surface area contributed by atoms with Gasteiger partial charge >= 0.3 is 6.03 Å². The van der Waals surface area contributed by atoms with Crippen LogP contribution < -0.4 is 16.0 Å². The summed E-state index contributed by atoms with van der Waals surface area (Å²) in [6.07, 6.45) is 0. The molecule has 0 saturated carbocycles. The summed E-state index contributed by atoms with van der Waals surface area (Å²) < 4.78 is 14.6. The van der Waals surface area contributed by atoms with Crippen molar-refractivity contribution in [1.29, 1.82) is 5.41 Å². The fourth-order valence-electron chi connectivity index (χ4n) is 3.00. The average Bonchev–Trinajstić information content (AvgIpc) is 2.80. The van der Waals surface area contributed by atoms with Gasteiger partial charge in [-0.1, -0.05) is 41.9 Å². The van der Waals surface area contributed by atoms with Gasteiger partial charge in [-0.3, -0.25) is 10.2 Å². The molecule has 0 aliphatic rings. The molecule has 3 rings (SSSR count). The molecule has 0 spiro atoms. The van der Waals surface area contributed by atoms with Crippen LogP contribution in [0.3, 0.4) is 0 Å². The molecule has 0 aliphatic heterocycles. The molecule has 0 heterocycles. The number of carbonyl (C=O) groups excluding carboxylic acids is 2. The number of hydrogen-bond donors (Lipinski definition) is 4. The van der Waals surface area contributed by atoms with E-state index >= 15 is 0 Å². The zero-order chi connectivity index (χ0) is 24.0. The predicted octanol–water partition coefficient (Wildman–Crippen LogP) is 4.87. The molecule has 1 unspecified atom stereocenters. The van der Waals surface area contributed by atoms with Crippen LogP contribution in [0.25, 0.3) is 0 Å². The van der Waals surface area contributed by atoms with Crippen LogP contribution in [-0.2, 0) is 4.79 Å². The molecule has 0 fully saturated rings. The first-order chi connectivity index (χ1) is 15.7. The first-order valence-corrected chi connectivity index (χ1v) is 10.4. The Balaban J connectivity index is 1.78. The number of amides is 3. The van der Waals surface area contributed by atoms with Crippen molar-refractivity contribution in [3.05, 3.63) is 94.8 Å². The molecule has 4 N–H and O–H groups in total. The third-order valence-corrected chi connectivity index (χ3v) is 4.97. The first kappa shape index (κ1) is 23.7.